The molecule has 0 saturated carbocycles. The lowest BCUT2D eigenvalue weighted by Crippen LogP contribution is -2.40. The largest absolute Gasteiger partial charge is 0.507 e. The highest BCUT2D eigenvalue weighted by Crippen LogP contribution is 2.21. The van der Waals surface area contributed by atoms with E-state index in [9.17, 15) is 13.5 Å². The van der Waals surface area contributed by atoms with Crippen LogP contribution in [0.4, 0.5) is 0 Å². The molecule has 0 aliphatic carbocycles. The van der Waals surface area contributed by atoms with Crippen molar-refractivity contribution < 1.29 is 18.3 Å². The normalized spacial score (nSPS) is 12.6. The molecule has 0 fully saturated rings. The van der Waals surface area contributed by atoms with E-state index in [1.807, 2.05) is 6.92 Å². The molecule has 1 aromatic rings. The zero-order valence-corrected chi connectivity index (χ0v) is 11.6. The fourth-order valence-corrected chi connectivity index (χ4v) is 2.77. The van der Waals surface area contributed by atoms with E-state index in [4.69, 9.17) is 4.74 Å². The van der Waals surface area contributed by atoms with Crippen molar-refractivity contribution in [1.29, 1.82) is 0 Å². The van der Waals surface area contributed by atoms with Crippen LogP contribution in [0.25, 0.3) is 0 Å². The molecule has 2 N–H and O–H groups in total. The molecule has 0 aromatic heterocycles. The molecule has 102 valence electrons. The fraction of sp³-hybridized carbons (Fsp3) is 0.500. The molecular formula is C12H19NO4S. The first-order valence-corrected chi connectivity index (χ1v) is 7.18. The summed E-state index contributed by atoms with van der Waals surface area (Å²) in [7, 11) is -3.72. The van der Waals surface area contributed by atoms with Crippen LogP contribution in [-0.4, -0.2) is 32.3 Å². The van der Waals surface area contributed by atoms with Gasteiger partial charge in [0.2, 0.25) is 10.0 Å². The summed E-state index contributed by atoms with van der Waals surface area (Å²) in [5.41, 5.74) is -0.591. The first-order valence-electron chi connectivity index (χ1n) is 5.70. The summed E-state index contributed by atoms with van der Waals surface area (Å²) in [6.45, 7) is 6.08. The number of benzene rings is 1. The van der Waals surface area contributed by atoms with Crippen molar-refractivity contribution in [2.24, 2.45) is 0 Å². The first-order chi connectivity index (χ1) is 8.28. The average molecular weight is 273 g/mol. The number of ether oxygens (including phenoxy) is 1. The van der Waals surface area contributed by atoms with E-state index in [0.29, 0.717) is 6.61 Å². The van der Waals surface area contributed by atoms with E-state index in [0.717, 1.165) is 0 Å². The van der Waals surface area contributed by atoms with Gasteiger partial charge < -0.3 is 9.84 Å². The first kappa shape index (κ1) is 14.9. The van der Waals surface area contributed by atoms with E-state index in [1.54, 1.807) is 26.0 Å². The second-order valence-electron chi connectivity index (χ2n) is 4.48. The molecule has 0 unspecified atom stereocenters. The van der Waals surface area contributed by atoms with Gasteiger partial charge in [0, 0.05) is 13.2 Å². The Bertz CT molecular complexity index is 497. The second-order valence-corrected chi connectivity index (χ2v) is 6.22. The number of phenolic OH excluding ortho intramolecular Hbond substituents is 1. The van der Waals surface area contributed by atoms with Gasteiger partial charge in [0.25, 0.3) is 0 Å². The zero-order chi connectivity index (χ0) is 13.8. The highest BCUT2D eigenvalue weighted by atomic mass is 32.2. The predicted molar refractivity (Wildman–Crippen MR) is 69.0 cm³/mol. The summed E-state index contributed by atoms with van der Waals surface area (Å²) in [5, 5.41) is 9.53. The monoisotopic (exact) mass is 273 g/mol. The number of sulfonamides is 1. The zero-order valence-electron chi connectivity index (χ0n) is 10.8. The van der Waals surface area contributed by atoms with Gasteiger partial charge in [-0.05, 0) is 32.9 Å². The van der Waals surface area contributed by atoms with Crippen molar-refractivity contribution >= 4 is 10.0 Å². The van der Waals surface area contributed by atoms with Crippen LogP contribution in [0.2, 0.25) is 0 Å². The van der Waals surface area contributed by atoms with E-state index in [1.165, 1.54) is 12.1 Å². The molecule has 6 heteroatoms. The smallest absolute Gasteiger partial charge is 0.244 e. The maximum absolute atomic E-state index is 12.0. The van der Waals surface area contributed by atoms with Gasteiger partial charge >= 0.3 is 0 Å². The lowest BCUT2D eigenvalue weighted by Gasteiger charge is -2.24. The average Bonchev–Trinajstić information content (AvgIpc) is 2.27. The summed E-state index contributed by atoms with van der Waals surface area (Å²) in [5.74, 6) is -0.265. The molecule has 1 rings (SSSR count). The predicted octanol–water partition coefficient (Wildman–Crippen LogP) is 1.49. The van der Waals surface area contributed by atoms with Crippen molar-refractivity contribution in [3.8, 4) is 5.75 Å². The quantitative estimate of drug-likeness (QED) is 0.823. The summed E-state index contributed by atoms with van der Waals surface area (Å²) >= 11 is 0. The lowest BCUT2D eigenvalue weighted by molar-refractivity contribution is -0.00515. The molecular weight excluding hydrogens is 254 g/mol. The molecule has 0 saturated heterocycles. The van der Waals surface area contributed by atoms with Gasteiger partial charge in [-0.25, -0.2) is 13.1 Å². The topological polar surface area (TPSA) is 75.6 Å². The van der Waals surface area contributed by atoms with Crippen molar-refractivity contribution in [3.05, 3.63) is 24.3 Å². The van der Waals surface area contributed by atoms with Crippen molar-refractivity contribution in [1.82, 2.24) is 4.72 Å². The van der Waals surface area contributed by atoms with E-state index < -0.39 is 15.6 Å². The van der Waals surface area contributed by atoms with E-state index >= 15 is 0 Å². The summed E-state index contributed by atoms with van der Waals surface area (Å²) < 4.78 is 31.8. The summed E-state index contributed by atoms with van der Waals surface area (Å²) in [4.78, 5) is -0.128. The van der Waals surface area contributed by atoms with Gasteiger partial charge in [0.15, 0.2) is 0 Å². The summed E-state index contributed by atoms with van der Waals surface area (Å²) in [6, 6.07) is 5.81. The summed E-state index contributed by atoms with van der Waals surface area (Å²) in [6.07, 6.45) is 0. The lowest BCUT2D eigenvalue weighted by atomic mass is 10.1. The van der Waals surface area contributed by atoms with Crippen molar-refractivity contribution in [3.63, 3.8) is 0 Å². The fourth-order valence-electron chi connectivity index (χ4n) is 1.47. The molecule has 5 nitrogen and oxygen atoms in total. The minimum absolute atomic E-state index is 0.128. The standard InChI is InChI=1S/C12H19NO4S/c1-4-17-12(2,3)9-13-18(15,16)11-8-6-5-7-10(11)14/h5-8,13-14H,4,9H2,1-3H3. The molecule has 0 amide bonds. The van der Waals surface area contributed by atoms with Crippen LogP contribution >= 0.6 is 0 Å². The number of aromatic hydroxyl groups is 1. The minimum atomic E-state index is -3.72. The van der Waals surface area contributed by atoms with Gasteiger partial charge in [-0.15, -0.1) is 0 Å². The maximum atomic E-state index is 12.0. The number of para-hydroxylation sites is 1. The van der Waals surface area contributed by atoms with Crippen molar-refractivity contribution in [2.45, 2.75) is 31.3 Å². The molecule has 0 radical (unpaired) electrons. The molecule has 0 aliphatic rings. The Labute approximate surface area is 108 Å². The molecule has 0 spiro atoms. The Kier molecular flexibility index (Phi) is 4.72. The van der Waals surface area contributed by atoms with Gasteiger partial charge in [-0.3, -0.25) is 0 Å². The number of rotatable bonds is 6. The Balaban J connectivity index is 2.81. The van der Waals surface area contributed by atoms with Crippen LogP contribution in [0.3, 0.4) is 0 Å². The van der Waals surface area contributed by atoms with Crippen LogP contribution in [0.1, 0.15) is 20.8 Å². The Hall–Kier alpha value is -1.11. The molecule has 0 bridgehead atoms. The van der Waals surface area contributed by atoms with Crippen LogP contribution in [0.15, 0.2) is 29.2 Å². The second kappa shape index (κ2) is 5.69. The van der Waals surface area contributed by atoms with Crippen LogP contribution < -0.4 is 4.72 Å². The number of phenols is 1. The Morgan fingerprint density at radius 1 is 1.33 bits per heavy atom. The third kappa shape index (κ3) is 3.97. The van der Waals surface area contributed by atoms with E-state index in [-0.39, 0.29) is 17.2 Å². The van der Waals surface area contributed by atoms with Gasteiger partial charge in [-0.2, -0.15) is 0 Å². The van der Waals surface area contributed by atoms with Crippen LogP contribution in [0, 0.1) is 0 Å². The minimum Gasteiger partial charge on any atom is -0.507 e. The Morgan fingerprint density at radius 2 is 1.94 bits per heavy atom. The molecule has 0 atom stereocenters. The third-order valence-corrected chi connectivity index (χ3v) is 3.83. The highest BCUT2D eigenvalue weighted by molar-refractivity contribution is 7.89. The van der Waals surface area contributed by atoms with Gasteiger partial charge in [0.05, 0.1) is 5.60 Å². The highest BCUT2D eigenvalue weighted by Gasteiger charge is 2.23. The number of nitrogens with one attached hydrogen (secondary N) is 1. The molecule has 0 aliphatic heterocycles. The SMILES string of the molecule is CCOC(C)(C)CNS(=O)(=O)c1ccccc1O. The van der Waals surface area contributed by atoms with Crippen molar-refractivity contribution in [2.75, 3.05) is 13.2 Å². The van der Waals surface area contributed by atoms with Crippen LogP contribution in [0.5, 0.6) is 5.75 Å². The molecule has 18 heavy (non-hydrogen) atoms. The molecule has 1 aromatic carbocycles. The van der Waals surface area contributed by atoms with Gasteiger partial charge in [0.1, 0.15) is 10.6 Å². The number of hydrogen-bond acceptors (Lipinski definition) is 4. The van der Waals surface area contributed by atoms with Gasteiger partial charge in [-0.1, -0.05) is 12.1 Å². The Morgan fingerprint density at radius 3 is 2.50 bits per heavy atom. The maximum Gasteiger partial charge on any atom is 0.244 e. The molecule has 0 heterocycles. The van der Waals surface area contributed by atoms with Crippen LogP contribution in [-0.2, 0) is 14.8 Å². The van der Waals surface area contributed by atoms with E-state index in [2.05, 4.69) is 4.72 Å². The third-order valence-electron chi connectivity index (χ3n) is 2.38. The number of hydrogen-bond donors (Lipinski definition) is 2.